The summed E-state index contributed by atoms with van der Waals surface area (Å²) < 4.78 is 0. The summed E-state index contributed by atoms with van der Waals surface area (Å²) in [6.07, 6.45) is 4.08. The second-order valence-corrected chi connectivity index (χ2v) is 5.40. The van der Waals surface area contributed by atoms with Crippen molar-refractivity contribution in [3.63, 3.8) is 0 Å². The van der Waals surface area contributed by atoms with Crippen molar-refractivity contribution in [1.82, 2.24) is 20.2 Å². The van der Waals surface area contributed by atoms with E-state index in [0.29, 0.717) is 0 Å². The van der Waals surface area contributed by atoms with E-state index in [9.17, 15) is 0 Å². The first-order valence-corrected chi connectivity index (χ1v) is 7.19. The molecule has 19 heavy (non-hydrogen) atoms. The van der Waals surface area contributed by atoms with Crippen LogP contribution in [-0.4, -0.2) is 35.0 Å². The minimum Gasteiger partial charge on any atom is -0.341 e. The van der Waals surface area contributed by atoms with E-state index in [2.05, 4.69) is 38.4 Å². The monoisotopic (exact) mass is 258 g/mol. The molecule has 1 aliphatic rings. The first-order chi connectivity index (χ1) is 9.35. The maximum absolute atomic E-state index is 4.56. The zero-order chi connectivity index (χ0) is 13.1. The van der Waals surface area contributed by atoms with E-state index in [-0.39, 0.29) is 0 Å². The van der Waals surface area contributed by atoms with Gasteiger partial charge in [0.15, 0.2) is 0 Å². The number of piperidine rings is 1. The van der Waals surface area contributed by atoms with Gasteiger partial charge in [-0.3, -0.25) is 4.90 Å². The van der Waals surface area contributed by atoms with Gasteiger partial charge in [0.2, 0.25) is 0 Å². The molecular formula is C15H22N4. The predicted octanol–water partition coefficient (Wildman–Crippen LogP) is 2.27. The topological polar surface area (TPSA) is 44.0 Å². The number of aromatic amines is 1. The highest BCUT2D eigenvalue weighted by Gasteiger charge is 2.11. The molecular weight excluding hydrogens is 236 g/mol. The maximum atomic E-state index is 4.56. The van der Waals surface area contributed by atoms with Gasteiger partial charge in [-0.05, 0) is 50.7 Å². The fourth-order valence-electron chi connectivity index (χ4n) is 2.83. The van der Waals surface area contributed by atoms with Crippen LogP contribution < -0.4 is 5.32 Å². The van der Waals surface area contributed by atoms with Crippen molar-refractivity contribution in [3.05, 3.63) is 29.6 Å². The lowest BCUT2D eigenvalue weighted by atomic mass is 10.1. The Morgan fingerprint density at radius 3 is 2.89 bits per heavy atom. The average Bonchev–Trinajstić information content (AvgIpc) is 2.82. The molecule has 1 aliphatic heterocycles. The van der Waals surface area contributed by atoms with Crippen LogP contribution in [0.2, 0.25) is 0 Å². The van der Waals surface area contributed by atoms with Gasteiger partial charge in [-0.25, -0.2) is 4.98 Å². The first-order valence-electron chi connectivity index (χ1n) is 7.19. The van der Waals surface area contributed by atoms with Crippen LogP contribution in [-0.2, 0) is 13.1 Å². The van der Waals surface area contributed by atoms with Crippen LogP contribution in [0.3, 0.4) is 0 Å². The highest BCUT2D eigenvalue weighted by molar-refractivity contribution is 5.75. The third-order valence-corrected chi connectivity index (χ3v) is 3.79. The fraction of sp³-hybridized carbons (Fsp3) is 0.533. The Bertz CT molecular complexity index is 540. The van der Waals surface area contributed by atoms with Crippen LogP contribution in [0.25, 0.3) is 11.0 Å². The SMILES string of the molecule is CNCc1nc2ccc(CN3CCCCC3)cc2[nH]1. The molecule has 3 rings (SSSR count). The smallest absolute Gasteiger partial charge is 0.121 e. The summed E-state index contributed by atoms with van der Waals surface area (Å²) in [6, 6.07) is 6.58. The summed E-state index contributed by atoms with van der Waals surface area (Å²) in [6.45, 7) is 4.34. The number of hydrogen-bond acceptors (Lipinski definition) is 3. The van der Waals surface area contributed by atoms with E-state index in [1.54, 1.807) is 0 Å². The molecule has 102 valence electrons. The lowest BCUT2D eigenvalue weighted by Crippen LogP contribution is -2.29. The summed E-state index contributed by atoms with van der Waals surface area (Å²) in [4.78, 5) is 10.5. The molecule has 0 spiro atoms. The summed E-state index contributed by atoms with van der Waals surface area (Å²) in [7, 11) is 1.94. The van der Waals surface area contributed by atoms with Crippen LogP contribution in [0, 0.1) is 0 Å². The molecule has 0 radical (unpaired) electrons. The van der Waals surface area contributed by atoms with E-state index < -0.39 is 0 Å². The molecule has 0 saturated carbocycles. The number of rotatable bonds is 4. The Hall–Kier alpha value is -1.39. The summed E-state index contributed by atoms with van der Waals surface area (Å²) in [5.41, 5.74) is 3.60. The molecule has 4 nitrogen and oxygen atoms in total. The molecule has 2 N–H and O–H groups in total. The number of nitrogens with one attached hydrogen (secondary N) is 2. The largest absolute Gasteiger partial charge is 0.341 e. The van der Waals surface area contributed by atoms with Gasteiger partial charge in [0.25, 0.3) is 0 Å². The number of nitrogens with zero attached hydrogens (tertiary/aromatic N) is 2. The van der Waals surface area contributed by atoms with Crippen molar-refractivity contribution in [2.75, 3.05) is 20.1 Å². The molecule has 1 aromatic heterocycles. The lowest BCUT2D eigenvalue weighted by Gasteiger charge is -2.26. The number of benzene rings is 1. The van der Waals surface area contributed by atoms with Gasteiger partial charge in [0.1, 0.15) is 5.82 Å². The molecule has 0 atom stereocenters. The number of imidazole rings is 1. The quantitative estimate of drug-likeness (QED) is 0.884. The van der Waals surface area contributed by atoms with Crippen molar-refractivity contribution in [2.24, 2.45) is 0 Å². The predicted molar refractivity (Wildman–Crippen MR) is 78.0 cm³/mol. The van der Waals surface area contributed by atoms with E-state index in [4.69, 9.17) is 0 Å². The maximum Gasteiger partial charge on any atom is 0.121 e. The Labute approximate surface area is 114 Å². The van der Waals surface area contributed by atoms with Crippen LogP contribution in [0.1, 0.15) is 30.7 Å². The van der Waals surface area contributed by atoms with Crippen LogP contribution >= 0.6 is 0 Å². The van der Waals surface area contributed by atoms with Crippen LogP contribution in [0.15, 0.2) is 18.2 Å². The number of H-pyrrole nitrogens is 1. The average molecular weight is 258 g/mol. The summed E-state index contributed by atoms with van der Waals surface area (Å²) in [5, 5.41) is 3.12. The Morgan fingerprint density at radius 1 is 1.26 bits per heavy atom. The number of likely N-dealkylation sites (tertiary alicyclic amines) is 1. The van der Waals surface area contributed by atoms with Crippen LogP contribution in [0.4, 0.5) is 0 Å². The molecule has 1 fully saturated rings. The normalized spacial score (nSPS) is 17.1. The zero-order valence-corrected chi connectivity index (χ0v) is 11.6. The lowest BCUT2D eigenvalue weighted by molar-refractivity contribution is 0.221. The van der Waals surface area contributed by atoms with Gasteiger partial charge in [-0.2, -0.15) is 0 Å². The van der Waals surface area contributed by atoms with Gasteiger partial charge in [0.05, 0.1) is 17.6 Å². The van der Waals surface area contributed by atoms with E-state index in [1.807, 2.05) is 7.05 Å². The number of fused-ring (bicyclic) bond motifs is 1. The third-order valence-electron chi connectivity index (χ3n) is 3.79. The Kier molecular flexibility index (Phi) is 3.80. The fourth-order valence-corrected chi connectivity index (χ4v) is 2.83. The highest BCUT2D eigenvalue weighted by Crippen LogP contribution is 2.17. The van der Waals surface area contributed by atoms with Crippen molar-refractivity contribution in [1.29, 1.82) is 0 Å². The van der Waals surface area contributed by atoms with E-state index in [1.165, 1.54) is 37.9 Å². The van der Waals surface area contributed by atoms with Gasteiger partial charge >= 0.3 is 0 Å². The minimum absolute atomic E-state index is 0.788. The minimum atomic E-state index is 0.788. The molecule has 2 aromatic rings. The van der Waals surface area contributed by atoms with E-state index >= 15 is 0 Å². The standard InChI is InChI=1S/C15H22N4/c1-16-10-15-17-13-6-5-12(9-14(13)18-15)11-19-7-3-2-4-8-19/h5-6,9,16H,2-4,7-8,10-11H2,1H3,(H,17,18). The Morgan fingerprint density at radius 2 is 2.11 bits per heavy atom. The third kappa shape index (κ3) is 2.96. The number of hydrogen-bond donors (Lipinski definition) is 2. The summed E-state index contributed by atoms with van der Waals surface area (Å²) in [5.74, 6) is 1.01. The van der Waals surface area contributed by atoms with Gasteiger partial charge in [-0.1, -0.05) is 12.5 Å². The second kappa shape index (κ2) is 5.72. The highest BCUT2D eigenvalue weighted by atomic mass is 15.1. The number of aromatic nitrogens is 2. The van der Waals surface area contributed by atoms with Gasteiger partial charge < -0.3 is 10.3 Å². The first kappa shape index (κ1) is 12.6. The van der Waals surface area contributed by atoms with Crippen molar-refractivity contribution >= 4 is 11.0 Å². The van der Waals surface area contributed by atoms with Crippen molar-refractivity contribution in [3.8, 4) is 0 Å². The Balaban J connectivity index is 1.76. The molecule has 0 aliphatic carbocycles. The summed E-state index contributed by atoms with van der Waals surface area (Å²) >= 11 is 0. The van der Waals surface area contributed by atoms with Crippen LogP contribution in [0.5, 0.6) is 0 Å². The zero-order valence-electron chi connectivity index (χ0n) is 11.6. The molecule has 4 heteroatoms. The van der Waals surface area contributed by atoms with E-state index in [0.717, 1.165) is 29.9 Å². The molecule has 1 aromatic carbocycles. The molecule has 0 amide bonds. The molecule has 0 bridgehead atoms. The van der Waals surface area contributed by atoms with Crippen molar-refractivity contribution < 1.29 is 0 Å². The second-order valence-electron chi connectivity index (χ2n) is 5.40. The molecule has 0 unspecified atom stereocenters. The van der Waals surface area contributed by atoms with Gasteiger partial charge in [0, 0.05) is 6.54 Å². The van der Waals surface area contributed by atoms with Gasteiger partial charge in [-0.15, -0.1) is 0 Å². The molecule has 2 heterocycles. The van der Waals surface area contributed by atoms with Crippen molar-refractivity contribution in [2.45, 2.75) is 32.4 Å². The molecule has 1 saturated heterocycles.